The van der Waals surface area contributed by atoms with Gasteiger partial charge in [-0.3, -0.25) is 0 Å². The van der Waals surface area contributed by atoms with Gasteiger partial charge < -0.3 is 18.9 Å². The maximum Gasteiger partial charge on any atom is 0.203 e. The molecule has 0 amide bonds. The second-order valence-electron chi connectivity index (χ2n) is 3.61. The Kier molecular flexibility index (Phi) is 5.71. The summed E-state index contributed by atoms with van der Waals surface area (Å²) < 4.78 is 21.1. The standard InChI is InChI=1S/C14H17NO4/c1-16-9-11-10(6-5-7-15)8-12(17-2)14(19-4)13(11)18-3/h5-6,8H,9H2,1-4H3/b6-5-. The number of nitriles is 1. The van der Waals surface area contributed by atoms with Crippen LogP contribution in [0.3, 0.4) is 0 Å². The van der Waals surface area contributed by atoms with Crippen molar-refractivity contribution in [1.29, 1.82) is 5.26 Å². The third-order valence-corrected chi connectivity index (χ3v) is 2.59. The number of rotatable bonds is 6. The average Bonchev–Trinajstić information content (AvgIpc) is 2.45. The molecule has 5 heteroatoms. The lowest BCUT2D eigenvalue weighted by molar-refractivity contribution is 0.180. The number of methoxy groups -OCH3 is 4. The fourth-order valence-electron chi connectivity index (χ4n) is 1.80. The van der Waals surface area contributed by atoms with Crippen LogP contribution in [0.4, 0.5) is 0 Å². The van der Waals surface area contributed by atoms with Crippen molar-refractivity contribution in [2.75, 3.05) is 28.4 Å². The summed E-state index contributed by atoms with van der Waals surface area (Å²) in [6, 6.07) is 3.74. The van der Waals surface area contributed by atoms with Gasteiger partial charge in [-0.1, -0.05) is 0 Å². The summed E-state index contributed by atoms with van der Waals surface area (Å²) >= 11 is 0. The molecule has 0 spiro atoms. The quantitative estimate of drug-likeness (QED) is 0.737. The Balaban J connectivity index is 3.53. The van der Waals surface area contributed by atoms with E-state index < -0.39 is 0 Å². The van der Waals surface area contributed by atoms with Gasteiger partial charge in [0.05, 0.1) is 34.0 Å². The van der Waals surface area contributed by atoms with Gasteiger partial charge in [-0.25, -0.2) is 0 Å². The number of hydrogen-bond acceptors (Lipinski definition) is 5. The zero-order valence-electron chi connectivity index (χ0n) is 11.5. The van der Waals surface area contributed by atoms with Gasteiger partial charge in [0.15, 0.2) is 11.5 Å². The predicted molar refractivity (Wildman–Crippen MR) is 71.5 cm³/mol. The zero-order valence-corrected chi connectivity index (χ0v) is 11.5. The van der Waals surface area contributed by atoms with Crippen molar-refractivity contribution in [3.8, 4) is 23.3 Å². The van der Waals surface area contributed by atoms with E-state index in [2.05, 4.69) is 0 Å². The van der Waals surface area contributed by atoms with Gasteiger partial charge in [0, 0.05) is 18.7 Å². The van der Waals surface area contributed by atoms with Gasteiger partial charge in [-0.05, 0) is 17.7 Å². The molecule has 1 rings (SSSR count). The molecule has 0 aliphatic carbocycles. The van der Waals surface area contributed by atoms with Crippen LogP contribution < -0.4 is 14.2 Å². The first-order valence-corrected chi connectivity index (χ1v) is 5.60. The van der Waals surface area contributed by atoms with E-state index in [4.69, 9.17) is 24.2 Å². The Morgan fingerprint density at radius 3 is 2.26 bits per heavy atom. The molecule has 0 saturated carbocycles. The normalized spacial score (nSPS) is 10.3. The topological polar surface area (TPSA) is 60.7 Å². The van der Waals surface area contributed by atoms with Crippen LogP contribution in [0.5, 0.6) is 17.2 Å². The number of benzene rings is 1. The van der Waals surface area contributed by atoms with Gasteiger partial charge in [0.2, 0.25) is 5.75 Å². The highest BCUT2D eigenvalue weighted by molar-refractivity contribution is 5.68. The number of nitrogens with zero attached hydrogens (tertiary/aromatic N) is 1. The Morgan fingerprint density at radius 2 is 1.79 bits per heavy atom. The van der Waals surface area contributed by atoms with Gasteiger partial charge in [-0.15, -0.1) is 0 Å². The number of hydrogen-bond donors (Lipinski definition) is 0. The Bertz CT molecular complexity index is 503. The third kappa shape index (κ3) is 3.18. The van der Waals surface area contributed by atoms with Crippen molar-refractivity contribution in [2.24, 2.45) is 0 Å². The van der Waals surface area contributed by atoms with Crippen LogP contribution in [0.25, 0.3) is 6.08 Å². The molecule has 0 aliphatic heterocycles. The van der Waals surface area contributed by atoms with Crippen LogP contribution in [0, 0.1) is 11.3 Å². The summed E-state index contributed by atoms with van der Waals surface area (Å²) in [4.78, 5) is 0. The van der Waals surface area contributed by atoms with E-state index in [1.807, 2.05) is 6.07 Å². The summed E-state index contributed by atoms with van der Waals surface area (Å²) in [5.74, 6) is 1.59. The molecule has 0 heterocycles. The summed E-state index contributed by atoms with van der Waals surface area (Å²) in [7, 11) is 6.23. The second-order valence-corrected chi connectivity index (χ2v) is 3.61. The molecule has 1 aromatic carbocycles. The molecule has 0 atom stereocenters. The Labute approximate surface area is 113 Å². The molecule has 0 saturated heterocycles. The van der Waals surface area contributed by atoms with Gasteiger partial charge >= 0.3 is 0 Å². The summed E-state index contributed by atoms with van der Waals surface area (Å²) in [5, 5.41) is 8.65. The summed E-state index contributed by atoms with van der Waals surface area (Å²) in [5.41, 5.74) is 1.59. The van der Waals surface area contributed by atoms with Crippen LogP contribution in [-0.2, 0) is 11.3 Å². The average molecular weight is 263 g/mol. The van der Waals surface area contributed by atoms with Crippen molar-refractivity contribution in [2.45, 2.75) is 6.61 Å². The van der Waals surface area contributed by atoms with E-state index in [-0.39, 0.29) is 0 Å². The molecule has 0 fully saturated rings. The van der Waals surface area contributed by atoms with E-state index >= 15 is 0 Å². The molecule has 0 N–H and O–H groups in total. The maximum atomic E-state index is 8.65. The van der Waals surface area contributed by atoms with Gasteiger partial charge in [0.1, 0.15) is 0 Å². The smallest absolute Gasteiger partial charge is 0.203 e. The van der Waals surface area contributed by atoms with Crippen LogP contribution >= 0.6 is 0 Å². The molecule has 5 nitrogen and oxygen atoms in total. The monoisotopic (exact) mass is 263 g/mol. The maximum absolute atomic E-state index is 8.65. The van der Waals surface area contributed by atoms with E-state index in [0.717, 1.165) is 11.1 Å². The van der Waals surface area contributed by atoms with Crippen molar-refractivity contribution in [3.05, 3.63) is 23.3 Å². The molecule has 0 aromatic heterocycles. The first-order chi connectivity index (χ1) is 9.23. The van der Waals surface area contributed by atoms with E-state index in [1.165, 1.54) is 6.08 Å². The van der Waals surface area contributed by atoms with Crippen molar-refractivity contribution in [1.82, 2.24) is 0 Å². The number of allylic oxidation sites excluding steroid dienone is 1. The van der Waals surface area contributed by atoms with Crippen molar-refractivity contribution >= 4 is 6.08 Å². The third-order valence-electron chi connectivity index (χ3n) is 2.59. The molecule has 0 radical (unpaired) electrons. The minimum absolute atomic E-state index is 0.342. The van der Waals surface area contributed by atoms with Gasteiger partial charge in [0.25, 0.3) is 0 Å². The first kappa shape index (κ1) is 14.9. The zero-order chi connectivity index (χ0) is 14.3. The minimum Gasteiger partial charge on any atom is -0.493 e. The molecule has 102 valence electrons. The Morgan fingerprint density at radius 1 is 1.11 bits per heavy atom. The molecule has 1 aromatic rings. The molecular formula is C14H17NO4. The highest BCUT2D eigenvalue weighted by Gasteiger charge is 2.19. The minimum atomic E-state index is 0.342. The molecule has 0 unspecified atom stereocenters. The lowest BCUT2D eigenvalue weighted by Crippen LogP contribution is -2.02. The van der Waals surface area contributed by atoms with Gasteiger partial charge in [-0.2, -0.15) is 5.26 Å². The van der Waals surface area contributed by atoms with E-state index in [9.17, 15) is 0 Å². The summed E-state index contributed by atoms with van der Waals surface area (Å²) in [6.45, 7) is 0.342. The molecule has 0 bridgehead atoms. The highest BCUT2D eigenvalue weighted by Crippen LogP contribution is 2.42. The molecule has 19 heavy (non-hydrogen) atoms. The van der Waals surface area contributed by atoms with E-state index in [0.29, 0.717) is 23.9 Å². The fourth-order valence-corrected chi connectivity index (χ4v) is 1.80. The van der Waals surface area contributed by atoms with Crippen LogP contribution in [0.15, 0.2) is 12.1 Å². The van der Waals surface area contributed by atoms with Crippen LogP contribution in [-0.4, -0.2) is 28.4 Å². The van der Waals surface area contributed by atoms with Crippen LogP contribution in [0.1, 0.15) is 11.1 Å². The summed E-state index contributed by atoms with van der Waals surface area (Å²) in [6.07, 6.45) is 3.07. The first-order valence-electron chi connectivity index (χ1n) is 5.60. The highest BCUT2D eigenvalue weighted by atomic mass is 16.5. The van der Waals surface area contributed by atoms with E-state index in [1.54, 1.807) is 40.6 Å². The molecular weight excluding hydrogens is 246 g/mol. The SMILES string of the molecule is COCc1c(/C=C\C#N)cc(OC)c(OC)c1OC. The lowest BCUT2D eigenvalue weighted by Gasteiger charge is -2.17. The van der Waals surface area contributed by atoms with Crippen molar-refractivity contribution < 1.29 is 18.9 Å². The lowest BCUT2D eigenvalue weighted by atomic mass is 10.0. The van der Waals surface area contributed by atoms with Crippen LogP contribution in [0.2, 0.25) is 0 Å². The second kappa shape index (κ2) is 7.29. The largest absolute Gasteiger partial charge is 0.493 e. The Hall–Kier alpha value is -2.19. The fraction of sp³-hybridized carbons (Fsp3) is 0.357. The number of ether oxygens (including phenoxy) is 4. The van der Waals surface area contributed by atoms with Crippen molar-refractivity contribution in [3.63, 3.8) is 0 Å². The molecule has 0 aliphatic rings. The predicted octanol–water partition coefficient (Wildman–Crippen LogP) is 2.40.